The molecule has 2 saturated heterocycles. The van der Waals surface area contributed by atoms with Gasteiger partial charge in [0.2, 0.25) is 11.8 Å². The maximum atomic E-state index is 12.4. The molecular formula is C30H60N6O6S. The summed E-state index contributed by atoms with van der Waals surface area (Å²) in [6, 6.07) is 0.427. The van der Waals surface area contributed by atoms with Crippen LogP contribution in [0, 0.1) is 0 Å². The maximum Gasteiger partial charge on any atom is 0.315 e. The lowest BCUT2D eigenvalue weighted by Crippen LogP contribution is -2.47. The number of unbranched alkanes of at least 4 members (excludes halogenated alkanes) is 1. The second-order valence-corrected chi connectivity index (χ2v) is 12.4. The number of nitrogens with two attached hydrogens (primary N) is 2. The Hall–Kier alpha value is -1.64. The lowest BCUT2D eigenvalue weighted by Gasteiger charge is -2.24. The van der Waals surface area contributed by atoms with Crippen molar-refractivity contribution in [3.05, 3.63) is 0 Å². The van der Waals surface area contributed by atoms with Gasteiger partial charge in [0.15, 0.2) is 0 Å². The van der Waals surface area contributed by atoms with Crippen molar-refractivity contribution in [3.8, 4) is 0 Å². The number of rotatable bonds is 24. The SMILES string of the molecule is CC.CCCN(CCCOCCOCCOCCCNC(=O)CCCC[C@@H]1SC[C@@H]2NC(=O)N[C@@H]21)C(=O)CCC(C)(N)N. The van der Waals surface area contributed by atoms with Crippen molar-refractivity contribution in [2.75, 3.05) is 65.0 Å². The van der Waals surface area contributed by atoms with E-state index in [0.29, 0.717) is 77.2 Å². The van der Waals surface area contributed by atoms with Crippen LogP contribution in [0.25, 0.3) is 0 Å². The van der Waals surface area contributed by atoms with Gasteiger partial charge in [-0.1, -0.05) is 27.2 Å². The second-order valence-electron chi connectivity index (χ2n) is 11.1. The molecule has 12 nitrogen and oxygen atoms in total. The van der Waals surface area contributed by atoms with Crippen LogP contribution >= 0.6 is 11.8 Å². The summed E-state index contributed by atoms with van der Waals surface area (Å²) in [6.07, 6.45) is 6.67. The van der Waals surface area contributed by atoms with Gasteiger partial charge in [-0.2, -0.15) is 11.8 Å². The molecule has 7 N–H and O–H groups in total. The highest BCUT2D eigenvalue weighted by Gasteiger charge is 2.42. The number of thioether (sulfide) groups is 1. The fraction of sp³-hybridized carbons (Fsp3) is 0.900. The average Bonchev–Trinajstić information content (AvgIpc) is 3.53. The zero-order valence-electron chi connectivity index (χ0n) is 27.1. The van der Waals surface area contributed by atoms with Gasteiger partial charge in [0.05, 0.1) is 44.2 Å². The predicted octanol–water partition coefficient (Wildman–Crippen LogP) is 2.34. The van der Waals surface area contributed by atoms with Crippen molar-refractivity contribution in [1.29, 1.82) is 0 Å². The third-order valence-corrected chi connectivity index (χ3v) is 8.56. The van der Waals surface area contributed by atoms with Gasteiger partial charge in [0.1, 0.15) is 0 Å². The van der Waals surface area contributed by atoms with E-state index >= 15 is 0 Å². The Labute approximate surface area is 263 Å². The highest BCUT2D eigenvalue weighted by atomic mass is 32.2. The van der Waals surface area contributed by atoms with Gasteiger partial charge >= 0.3 is 6.03 Å². The molecule has 252 valence electrons. The molecule has 0 aromatic carbocycles. The summed E-state index contributed by atoms with van der Waals surface area (Å²) in [7, 11) is 0. The average molecular weight is 633 g/mol. The molecule has 0 radical (unpaired) electrons. The largest absolute Gasteiger partial charge is 0.379 e. The summed E-state index contributed by atoms with van der Waals surface area (Å²) in [6.45, 7) is 12.9. The summed E-state index contributed by atoms with van der Waals surface area (Å²) in [5.74, 6) is 1.13. The van der Waals surface area contributed by atoms with Crippen molar-refractivity contribution in [2.45, 2.75) is 108 Å². The quantitative estimate of drug-likeness (QED) is 0.0609. The normalized spacial score (nSPS) is 19.2. The first kappa shape index (κ1) is 39.4. The Balaban J connectivity index is 0.00000452. The van der Waals surface area contributed by atoms with Crippen molar-refractivity contribution >= 4 is 29.6 Å². The van der Waals surface area contributed by atoms with Gasteiger partial charge in [-0.15, -0.1) is 0 Å². The minimum absolute atomic E-state index is 0.0557. The number of amides is 4. The van der Waals surface area contributed by atoms with Crippen LogP contribution in [0.1, 0.15) is 85.5 Å². The fourth-order valence-electron chi connectivity index (χ4n) is 4.83. The third-order valence-electron chi connectivity index (χ3n) is 7.05. The lowest BCUT2D eigenvalue weighted by molar-refractivity contribution is -0.131. The van der Waals surface area contributed by atoms with E-state index in [0.717, 1.165) is 50.8 Å². The van der Waals surface area contributed by atoms with Crippen molar-refractivity contribution < 1.29 is 28.6 Å². The second kappa shape index (κ2) is 23.7. The van der Waals surface area contributed by atoms with E-state index < -0.39 is 5.66 Å². The number of hydrogen-bond donors (Lipinski definition) is 5. The van der Waals surface area contributed by atoms with E-state index in [1.807, 2.05) is 30.5 Å². The molecule has 2 rings (SSSR count). The zero-order chi connectivity index (χ0) is 31.9. The van der Waals surface area contributed by atoms with Gasteiger partial charge < -0.3 is 46.5 Å². The smallest absolute Gasteiger partial charge is 0.315 e. The molecule has 0 bridgehead atoms. The summed E-state index contributed by atoms with van der Waals surface area (Å²) >= 11 is 1.91. The molecule has 0 saturated carbocycles. The van der Waals surface area contributed by atoms with Crippen LogP contribution in [-0.2, 0) is 23.8 Å². The summed E-state index contributed by atoms with van der Waals surface area (Å²) in [5.41, 5.74) is 10.7. The molecular weight excluding hydrogens is 572 g/mol. The molecule has 0 spiro atoms. The van der Waals surface area contributed by atoms with Gasteiger partial charge in [0, 0.05) is 56.7 Å². The standard InChI is InChI=1S/C28H54N6O6S.C2H6/c1-3-13-34(25(36)10-11-28(2,29)30)14-7-16-39-18-20-40-19-17-38-15-6-12-31-24(35)9-5-4-8-23-26-22(21-41-23)32-27(37)33-26;1-2/h22-23,26H,3-21,29-30H2,1-2H3,(H,31,35)(H2,32,33,37);1-2H3/t22-,23-,26-;/m0./s1. The maximum absolute atomic E-state index is 12.4. The Bertz CT molecular complexity index is 772. The number of ether oxygens (including phenoxy) is 3. The molecule has 0 aromatic rings. The topological polar surface area (TPSA) is 170 Å². The molecule has 2 fully saturated rings. The molecule has 0 aliphatic carbocycles. The monoisotopic (exact) mass is 632 g/mol. The highest BCUT2D eigenvalue weighted by molar-refractivity contribution is 8.00. The van der Waals surface area contributed by atoms with Gasteiger partial charge in [-0.25, -0.2) is 4.79 Å². The Morgan fingerprint density at radius 2 is 1.60 bits per heavy atom. The first-order valence-electron chi connectivity index (χ1n) is 16.2. The van der Waals surface area contributed by atoms with Gasteiger partial charge in [0.25, 0.3) is 0 Å². The van der Waals surface area contributed by atoms with Crippen LogP contribution in [0.4, 0.5) is 4.79 Å². The van der Waals surface area contributed by atoms with E-state index in [9.17, 15) is 14.4 Å². The first-order valence-corrected chi connectivity index (χ1v) is 17.3. The number of nitrogens with one attached hydrogen (secondary N) is 3. The molecule has 43 heavy (non-hydrogen) atoms. The van der Waals surface area contributed by atoms with Crippen LogP contribution in [0.2, 0.25) is 0 Å². The summed E-state index contributed by atoms with van der Waals surface area (Å²) < 4.78 is 16.7. The minimum Gasteiger partial charge on any atom is -0.379 e. The number of carbonyl (C=O) groups excluding carboxylic acids is 3. The van der Waals surface area contributed by atoms with Gasteiger partial charge in [-0.05, 0) is 45.4 Å². The number of fused-ring (bicyclic) bond motifs is 1. The molecule has 4 amide bonds. The molecule has 0 aromatic heterocycles. The Morgan fingerprint density at radius 3 is 2.26 bits per heavy atom. The molecule has 3 atom stereocenters. The number of nitrogens with zero attached hydrogens (tertiary/aromatic N) is 1. The van der Waals surface area contributed by atoms with Crippen LogP contribution in [0.15, 0.2) is 0 Å². The number of carbonyl (C=O) groups is 3. The zero-order valence-corrected chi connectivity index (χ0v) is 27.9. The van der Waals surface area contributed by atoms with E-state index in [-0.39, 0.29) is 29.9 Å². The van der Waals surface area contributed by atoms with Crippen molar-refractivity contribution in [2.24, 2.45) is 11.5 Å². The van der Waals surface area contributed by atoms with Crippen LogP contribution in [0.5, 0.6) is 0 Å². The van der Waals surface area contributed by atoms with Crippen molar-refractivity contribution in [3.63, 3.8) is 0 Å². The fourth-order valence-corrected chi connectivity index (χ4v) is 6.37. The lowest BCUT2D eigenvalue weighted by atomic mass is 10.0. The Kier molecular flexibility index (Phi) is 21.7. The van der Waals surface area contributed by atoms with Crippen molar-refractivity contribution in [1.82, 2.24) is 20.9 Å². The molecule has 2 heterocycles. The number of hydrogen-bond acceptors (Lipinski definition) is 9. The molecule has 13 heteroatoms. The van der Waals surface area contributed by atoms with Crippen LogP contribution < -0.4 is 27.4 Å². The van der Waals surface area contributed by atoms with Crippen LogP contribution in [-0.4, -0.2) is 111 Å². The van der Waals surface area contributed by atoms with E-state index in [4.69, 9.17) is 25.7 Å². The summed E-state index contributed by atoms with van der Waals surface area (Å²) in [4.78, 5) is 37.7. The van der Waals surface area contributed by atoms with E-state index in [1.54, 1.807) is 6.92 Å². The molecule has 2 aliphatic rings. The minimum atomic E-state index is -0.824. The predicted molar refractivity (Wildman–Crippen MR) is 173 cm³/mol. The van der Waals surface area contributed by atoms with E-state index in [1.165, 1.54) is 0 Å². The molecule has 0 unspecified atom stereocenters. The van der Waals surface area contributed by atoms with Crippen LogP contribution in [0.3, 0.4) is 0 Å². The Morgan fingerprint density at radius 1 is 0.953 bits per heavy atom. The molecule has 2 aliphatic heterocycles. The first-order chi connectivity index (χ1) is 20.7. The van der Waals surface area contributed by atoms with Gasteiger partial charge in [-0.3, -0.25) is 9.59 Å². The third kappa shape index (κ3) is 18.7. The summed E-state index contributed by atoms with van der Waals surface area (Å²) in [5, 5.41) is 9.36. The van der Waals surface area contributed by atoms with E-state index in [2.05, 4.69) is 22.9 Å². The number of urea groups is 1. The highest BCUT2D eigenvalue weighted by Crippen LogP contribution is 2.33.